The Labute approximate surface area is 231 Å². The van der Waals surface area contributed by atoms with Crippen molar-refractivity contribution in [3.8, 4) is 23.3 Å². The predicted molar refractivity (Wildman–Crippen MR) is 153 cm³/mol. The first-order chi connectivity index (χ1) is 18.9. The number of hydrogen-bond donors (Lipinski definition) is 2. The Balaban J connectivity index is 1.69. The average molecular weight is 543 g/mol. The lowest BCUT2D eigenvalue weighted by atomic mass is 10.1. The smallest absolute Gasteiger partial charge is 0.248 e. The van der Waals surface area contributed by atoms with Crippen LogP contribution in [0.5, 0.6) is 17.2 Å². The number of anilines is 3. The van der Waals surface area contributed by atoms with Crippen LogP contribution in [0.25, 0.3) is 10.9 Å². The molecular weight excluding hydrogens is 516 g/mol. The molecule has 0 fully saturated rings. The number of pyridine rings is 2. The molecule has 0 saturated heterocycles. The first-order valence-corrected chi connectivity index (χ1v) is 12.5. The number of hydrogen-bond acceptors (Lipinski definition) is 8. The number of nitrogens with zero attached hydrogens (tertiary/aromatic N) is 4. The number of benzene rings is 2. The van der Waals surface area contributed by atoms with Crippen molar-refractivity contribution in [2.75, 3.05) is 37.9 Å². The van der Waals surface area contributed by atoms with Gasteiger partial charge in [0.25, 0.3) is 0 Å². The van der Waals surface area contributed by atoms with Crippen LogP contribution in [-0.4, -0.2) is 48.0 Å². The molecular formula is C29H27ClN6O3. The molecule has 39 heavy (non-hydrogen) atoms. The first kappa shape index (κ1) is 27.4. The number of ether oxygens (including phenoxy) is 2. The Hall–Kier alpha value is -4.65. The van der Waals surface area contributed by atoms with E-state index in [1.807, 2.05) is 25.9 Å². The minimum atomic E-state index is -0.298. The summed E-state index contributed by atoms with van der Waals surface area (Å²) in [5.41, 5.74) is 2.52. The average Bonchev–Trinajstić information content (AvgIpc) is 2.91. The van der Waals surface area contributed by atoms with Crippen molar-refractivity contribution < 1.29 is 14.3 Å². The highest BCUT2D eigenvalue weighted by atomic mass is 35.5. The van der Waals surface area contributed by atoms with E-state index in [1.165, 1.54) is 12.3 Å². The van der Waals surface area contributed by atoms with Gasteiger partial charge >= 0.3 is 0 Å². The van der Waals surface area contributed by atoms with Crippen molar-refractivity contribution >= 4 is 45.5 Å². The number of nitriles is 1. The minimum absolute atomic E-state index is 0.298. The molecule has 10 heteroatoms. The lowest BCUT2D eigenvalue weighted by molar-refractivity contribution is -0.111. The second-order valence-corrected chi connectivity index (χ2v) is 9.07. The van der Waals surface area contributed by atoms with Gasteiger partial charge in [-0.2, -0.15) is 5.26 Å². The fraction of sp³-hybridized carbons (Fsp3) is 0.172. The fourth-order valence-corrected chi connectivity index (χ4v) is 3.91. The highest BCUT2D eigenvalue weighted by Gasteiger charge is 2.16. The van der Waals surface area contributed by atoms with Gasteiger partial charge in [0.1, 0.15) is 23.3 Å². The third-order valence-corrected chi connectivity index (χ3v) is 5.76. The number of likely N-dealkylation sites (N-methyl/N-ethyl adjacent to an activating group) is 1. The third kappa shape index (κ3) is 7.02. The topological polar surface area (TPSA) is 112 Å². The van der Waals surface area contributed by atoms with E-state index in [1.54, 1.807) is 60.9 Å². The predicted octanol–water partition coefficient (Wildman–Crippen LogP) is 6.15. The van der Waals surface area contributed by atoms with E-state index in [-0.39, 0.29) is 5.91 Å². The van der Waals surface area contributed by atoms with Gasteiger partial charge in [0.2, 0.25) is 5.91 Å². The summed E-state index contributed by atoms with van der Waals surface area (Å²) >= 11 is 6.51. The molecule has 0 bridgehead atoms. The van der Waals surface area contributed by atoms with E-state index in [9.17, 15) is 10.1 Å². The van der Waals surface area contributed by atoms with Crippen LogP contribution in [0.4, 0.5) is 17.1 Å². The van der Waals surface area contributed by atoms with E-state index in [0.29, 0.717) is 69.0 Å². The maximum absolute atomic E-state index is 12.6. The highest BCUT2D eigenvalue weighted by molar-refractivity contribution is 6.32. The Morgan fingerprint density at radius 2 is 1.95 bits per heavy atom. The summed E-state index contributed by atoms with van der Waals surface area (Å²) in [5.74, 6) is 1.26. The van der Waals surface area contributed by atoms with Gasteiger partial charge in [0, 0.05) is 48.4 Å². The van der Waals surface area contributed by atoms with E-state index < -0.39 is 0 Å². The summed E-state index contributed by atoms with van der Waals surface area (Å²) in [4.78, 5) is 23.0. The SMILES string of the molecule is CCOc1cc2ncc(C#N)c(Nc3ccc(Oc4ccncc4)c(Cl)c3)c2cc1NC(=O)/C=C/CN(C)C. The number of carbonyl (C=O) groups excluding carboxylic acids is 1. The number of fused-ring (bicyclic) bond motifs is 1. The molecule has 2 heterocycles. The van der Waals surface area contributed by atoms with Crippen LogP contribution in [0.3, 0.4) is 0 Å². The van der Waals surface area contributed by atoms with Gasteiger partial charge in [-0.15, -0.1) is 0 Å². The lowest BCUT2D eigenvalue weighted by Crippen LogP contribution is -2.13. The molecule has 0 aliphatic rings. The van der Waals surface area contributed by atoms with Crippen LogP contribution < -0.4 is 20.1 Å². The number of halogens is 1. The Morgan fingerprint density at radius 3 is 2.64 bits per heavy atom. The van der Waals surface area contributed by atoms with Crippen LogP contribution in [0.2, 0.25) is 5.02 Å². The van der Waals surface area contributed by atoms with Crippen molar-refractivity contribution in [3.05, 3.63) is 83.8 Å². The summed E-state index contributed by atoms with van der Waals surface area (Å²) in [5, 5.41) is 17.0. The zero-order valence-electron chi connectivity index (χ0n) is 21.7. The zero-order chi connectivity index (χ0) is 27.8. The zero-order valence-corrected chi connectivity index (χ0v) is 22.5. The van der Waals surface area contributed by atoms with Crippen molar-refractivity contribution in [2.45, 2.75) is 6.92 Å². The quantitative estimate of drug-likeness (QED) is 0.230. The first-order valence-electron chi connectivity index (χ1n) is 12.1. The minimum Gasteiger partial charge on any atom is -0.492 e. The maximum atomic E-state index is 12.6. The number of rotatable bonds is 10. The van der Waals surface area contributed by atoms with Gasteiger partial charge in [-0.1, -0.05) is 17.7 Å². The van der Waals surface area contributed by atoms with E-state index in [0.717, 1.165) is 0 Å². The molecule has 0 aliphatic carbocycles. The van der Waals surface area contributed by atoms with Gasteiger partial charge in [-0.3, -0.25) is 14.8 Å². The van der Waals surface area contributed by atoms with Gasteiger partial charge in [-0.05, 0) is 57.4 Å². The summed E-state index contributed by atoms with van der Waals surface area (Å²) in [6, 6.07) is 14.4. The number of nitrogens with one attached hydrogen (secondary N) is 2. The monoisotopic (exact) mass is 542 g/mol. The normalized spacial score (nSPS) is 11.0. The Bertz CT molecular complexity index is 1550. The summed E-state index contributed by atoms with van der Waals surface area (Å²) in [6.07, 6.45) is 7.99. The lowest BCUT2D eigenvalue weighted by Gasteiger charge is -2.16. The largest absolute Gasteiger partial charge is 0.492 e. The maximum Gasteiger partial charge on any atom is 0.248 e. The number of aromatic nitrogens is 2. The van der Waals surface area contributed by atoms with Crippen LogP contribution in [0, 0.1) is 11.3 Å². The van der Waals surface area contributed by atoms with Crippen LogP contribution in [-0.2, 0) is 4.79 Å². The van der Waals surface area contributed by atoms with E-state index in [4.69, 9.17) is 21.1 Å². The summed E-state index contributed by atoms with van der Waals surface area (Å²) in [6.45, 7) is 2.89. The van der Waals surface area contributed by atoms with E-state index in [2.05, 4.69) is 26.7 Å². The second kappa shape index (κ2) is 12.7. The number of amides is 1. The van der Waals surface area contributed by atoms with Gasteiger partial charge in [-0.25, -0.2) is 0 Å². The summed E-state index contributed by atoms with van der Waals surface area (Å²) < 4.78 is 11.6. The van der Waals surface area contributed by atoms with Crippen molar-refractivity contribution in [1.82, 2.24) is 14.9 Å². The molecule has 0 radical (unpaired) electrons. The molecule has 1 amide bonds. The second-order valence-electron chi connectivity index (χ2n) is 8.67. The van der Waals surface area contributed by atoms with Crippen LogP contribution in [0.15, 0.2) is 73.2 Å². The van der Waals surface area contributed by atoms with Crippen LogP contribution in [0.1, 0.15) is 12.5 Å². The molecule has 0 spiro atoms. The number of carbonyl (C=O) groups is 1. The van der Waals surface area contributed by atoms with Crippen molar-refractivity contribution in [1.29, 1.82) is 5.26 Å². The molecule has 0 aliphatic heterocycles. The summed E-state index contributed by atoms with van der Waals surface area (Å²) in [7, 11) is 3.84. The fourth-order valence-electron chi connectivity index (χ4n) is 3.70. The highest BCUT2D eigenvalue weighted by Crippen LogP contribution is 2.38. The van der Waals surface area contributed by atoms with Gasteiger partial charge in [0.05, 0.1) is 34.1 Å². The van der Waals surface area contributed by atoms with Crippen molar-refractivity contribution in [3.63, 3.8) is 0 Å². The molecule has 2 aromatic carbocycles. The Morgan fingerprint density at radius 1 is 1.15 bits per heavy atom. The van der Waals surface area contributed by atoms with Gasteiger partial charge < -0.3 is 25.0 Å². The molecule has 2 N–H and O–H groups in total. The molecule has 4 rings (SSSR count). The third-order valence-electron chi connectivity index (χ3n) is 5.47. The molecule has 2 aromatic heterocycles. The van der Waals surface area contributed by atoms with Gasteiger partial charge in [0.15, 0.2) is 0 Å². The molecule has 0 saturated carbocycles. The molecule has 198 valence electrons. The van der Waals surface area contributed by atoms with Crippen LogP contribution >= 0.6 is 11.6 Å². The molecule has 9 nitrogen and oxygen atoms in total. The molecule has 0 atom stereocenters. The van der Waals surface area contributed by atoms with Crippen molar-refractivity contribution in [2.24, 2.45) is 0 Å². The molecule has 4 aromatic rings. The van der Waals surface area contributed by atoms with E-state index >= 15 is 0 Å². The molecule has 0 unspecified atom stereocenters. The standard InChI is InChI=1S/C29H27ClN6O3/c1-4-38-27-16-24-22(15-25(27)35-28(37)6-5-13-36(2)3)29(19(17-31)18-33-24)34-20-7-8-26(23(30)14-20)39-21-9-11-32-12-10-21/h5-12,14-16,18H,4,13H2,1-3H3,(H,33,34)(H,35,37)/b6-5+. The Kier molecular flexibility index (Phi) is 8.94.